The zero-order valence-corrected chi connectivity index (χ0v) is 9.73. The van der Waals surface area contributed by atoms with Crippen molar-refractivity contribution in [2.24, 2.45) is 5.73 Å². The van der Waals surface area contributed by atoms with Gasteiger partial charge in [-0.15, -0.1) is 0 Å². The lowest BCUT2D eigenvalue weighted by atomic mass is 9.96. The molecule has 92 valence electrons. The Balaban J connectivity index is 2.00. The summed E-state index contributed by atoms with van der Waals surface area (Å²) in [6.07, 6.45) is 2.90. The molecule has 1 fully saturated rings. The Bertz CT molecular complexity index is 408. The van der Waals surface area contributed by atoms with E-state index in [4.69, 9.17) is 5.73 Å². The van der Waals surface area contributed by atoms with Gasteiger partial charge in [0.15, 0.2) is 0 Å². The highest BCUT2D eigenvalue weighted by Gasteiger charge is 2.31. The Hall–Kier alpha value is -1.42. The van der Waals surface area contributed by atoms with Crippen LogP contribution in [0.3, 0.4) is 0 Å². The molecule has 0 spiro atoms. The molecule has 1 atom stereocenters. The number of hydrogen-bond acceptors (Lipinski definition) is 2. The Morgan fingerprint density at radius 1 is 1.53 bits per heavy atom. The van der Waals surface area contributed by atoms with E-state index in [-0.39, 0.29) is 17.8 Å². The van der Waals surface area contributed by atoms with Crippen LogP contribution >= 0.6 is 0 Å². The molecule has 1 heterocycles. The number of halogens is 1. The molecule has 1 aliphatic rings. The van der Waals surface area contributed by atoms with Gasteiger partial charge in [-0.2, -0.15) is 0 Å². The molecular formula is C13H17FN2O. The van der Waals surface area contributed by atoms with E-state index >= 15 is 0 Å². The van der Waals surface area contributed by atoms with Gasteiger partial charge in [0.1, 0.15) is 5.82 Å². The van der Waals surface area contributed by atoms with Crippen molar-refractivity contribution in [3.63, 3.8) is 0 Å². The Labute approximate surface area is 100 Å². The molecule has 1 aliphatic heterocycles. The first-order valence-electron chi connectivity index (χ1n) is 5.99. The largest absolute Gasteiger partial charge is 0.336 e. The minimum absolute atomic E-state index is 0.0715. The van der Waals surface area contributed by atoms with Crippen molar-refractivity contribution in [1.29, 1.82) is 0 Å². The molecule has 0 radical (unpaired) electrons. The second-order valence-electron chi connectivity index (χ2n) is 4.38. The second kappa shape index (κ2) is 5.27. The summed E-state index contributed by atoms with van der Waals surface area (Å²) in [4.78, 5) is 13.9. The van der Waals surface area contributed by atoms with Crippen molar-refractivity contribution in [2.75, 3.05) is 13.1 Å². The van der Waals surface area contributed by atoms with Crippen molar-refractivity contribution in [3.05, 3.63) is 35.6 Å². The summed E-state index contributed by atoms with van der Waals surface area (Å²) in [6, 6.07) is 6.15. The molecule has 1 saturated heterocycles. The molecule has 3 nitrogen and oxygen atoms in total. The predicted octanol–water partition coefficient (Wildman–Crippen LogP) is 1.78. The summed E-state index contributed by atoms with van der Waals surface area (Å²) in [5.41, 5.74) is 5.89. The van der Waals surface area contributed by atoms with Gasteiger partial charge in [0, 0.05) is 18.2 Å². The third-order valence-electron chi connectivity index (χ3n) is 3.22. The standard InChI is InChI=1S/C13H17FN2O/c14-11-4-1-3-10(9-11)13(17)16-8-6-12(16)5-2-7-15/h1,3-4,9,12H,2,5-8,15H2. The lowest BCUT2D eigenvalue weighted by Crippen LogP contribution is -2.51. The van der Waals surface area contributed by atoms with Gasteiger partial charge in [-0.3, -0.25) is 4.79 Å². The number of carbonyl (C=O) groups is 1. The highest BCUT2D eigenvalue weighted by atomic mass is 19.1. The summed E-state index contributed by atoms with van der Waals surface area (Å²) in [6.45, 7) is 1.42. The van der Waals surface area contributed by atoms with Crippen LogP contribution in [0, 0.1) is 5.82 Å². The second-order valence-corrected chi connectivity index (χ2v) is 4.38. The summed E-state index contributed by atoms with van der Waals surface area (Å²) in [7, 11) is 0. The number of carbonyl (C=O) groups excluding carboxylic acids is 1. The monoisotopic (exact) mass is 236 g/mol. The van der Waals surface area contributed by atoms with Crippen LogP contribution in [0.25, 0.3) is 0 Å². The van der Waals surface area contributed by atoms with Crippen LogP contribution in [0.4, 0.5) is 4.39 Å². The maximum absolute atomic E-state index is 13.0. The average molecular weight is 236 g/mol. The summed E-state index contributed by atoms with van der Waals surface area (Å²) < 4.78 is 13.0. The number of amides is 1. The predicted molar refractivity (Wildman–Crippen MR) is 64.1 cm³/mol. The fourth-order valence-corrected chi connectivity index (χ4v) is 2.15. The van der Waals surface area contributed by atoms with E-state index in [2.05, 4.69) is 0 Å². The molecule has 2 rings (SSSR count). The first-order valence-corrected chi connectivity index (χ1v) is 5.99. The van der Waals surface area contributed by atoms with Crippen molar-refractivity contribution in [1.82, 2.24) is 4.90 Å². The summed E-state index contributed by atoms with van der Waals surface area (Å²) in [5, 5.41) is 0. The minimum atomic E-state index is -0.366. The minimum Gasteiger partial charge on any atom is -0.336 e. The van der Waals surface area contributed by atoms with E-state index in [1.165, 1.54) is 12.1 Å². The normalized spacial score (nSPS) is 18.9. The topological polar surface area (TPSA) is 46.3 Å². The van der Waals surface area contributed by atoms with Crippen LogP contribution in [-0.2, 0) is 0 Å². The van der Waals surface area contributed by atoms with E-state index in [1.807, 2.05) is 4.90 Å². The fourth-order valence-electron chi connectivity index (χ4n) is 2.15. The van der Waals surface area contributed by atoms with Gasteiger partial charge in [-0.1, -0.05) is 6.07 Å². The van der Waals surface area contributed by atoms with Crippen molar-refractivity contribution < 1.29 is 9.18 Å². The smallest absolute Gasteiger partial charge is 0.254 e. The molecule has 1 aromatic rings. The van der Waals surface area contributed by atoms with Crippen LogP contribution in [-0.4, -0.2) is 29.9 Å². The molecule has 4 heteroatoms. The van der Waals surface area contributed by atoms with Gasteiger partial charge < -0.3 is 10.6 Å². The van der Waals surface area contributed by atoms with Crippen molar-refractivity contribution in [2.45, 2.75) is 25.3 Å². The molecule has 1 unspecified atom stereocenters. The first kappa shape index (κ1) is 12.0. The highest BCUT2D eigenvalue weighted by Crippen LogP contribution is 2.24. The third kappa shape index (κ3) is 2.64. The number of likely N-dealkylation sites (tertiary alicyclic amines) is 1. The molecule has 0 aromatic heterocycles. The van der Waals surface area contributed by atoms with Gasteiger partial charge in [-0.25, -0.2) is 4.39 Å². The van der Waals surface area contributed by atoms with Crippen LogP contribution in [0.2, 0.25) is 0 Å². The molecule has 0 bridgehead atoms. The van der Waals surface area contributed by atoms with Gasteiger partial charge >= 0.3 is 0 Å². The molecule has 17 heavy (non-hydrogen) atoms. The molecule has 1 aromatic carbocycles. The molecule has 0 aliphatic carbocycles. The SMILES string of the molecule is NCCCC1CCN1C(=O)c1cccc(F)c1. The van der Waals surface area contributed by atoms with Crippen molar-refractivity contribution in [3.8, 4) is 0 Å². The maximum Gasteiger partial charge on any atom is 0.254 e. The summed E-state index contributed by atoms with van der Waals surface area (Å²) in [5.74, 6) is -0.437. The Kier molecular flexibility index (Phi) is 3.74. The number of benzene rings is 1. The van der Waals surface area contributed by atoms with Crippen LogP contribution < -0.4 is 5.73 Å². The molecular weight excluding hydrogens is 219 g/mol. The van der Waals surface area contributed by atoms with Gasteiger partial charge in [-0.05, 0) is 44.0 Å². The van der Waals surface area contributed by atoms with E-state index in [1.54, 1.807) is 12.1 Å². The Morgan fingerprint density at radius 2 is 2.35 bits per heavy atom. The lowest BCUT2D eigenvalue weighted by Gasteiger charge is -2.41. The Morgan fingerprint density at radius 3 is 2.94 bits per heavy atom. The number of hydrogen-bond donors (Lipinski definition) is 1. The highest BCUT2D eigenvalue weighted by molar-refractivity contribution is 5.94. The van der Waals surface area contributed by atoms with Crippen LogP contribution in [0.5, 0.6) is 0 Å². The quantitative estimate of drug-likeness (QED) is 0.866. The van der Waals surface area contributed by atoms with E-state index in [0.717, 1.165) is 25.8 Å². The van der Waals surface area contributed by atoms with E-state index in [9.17, 15) is 9.18 Å². The van der Waals surface area contributed by atoms with Crippen LogP contribution in [0.15, 0.2) is 24.3 Å². The lowest BCUT2D eigenvalue weighted by molar-refractivity contribution is 0.0441. The molecule has 0 saturated carbocycles. The zero-order chi connectivity index (χ0) is 12.3. The van der Waals surface area contributed by atoms with Gasteiger partial charge in [0.2, 0.25) is 0 Å². The van der Waals surface area contributed by atoms with Crippen molar-refractivity contribution >= 4 is 5.91 Å². The molecule has 2 N–H and O–H groups in total. The van der Waals surface area contributed by atoms with E-state index < -0.39 is 0 Å². The number of rotatable bonds is 4. The maximum atomic E-state index is 13.0. The number of nitrogens with two attached hydrogens (primary N) is 1. The first-order chi connectivity index (χ1) is 8.22. The van der Waals surface area contributed by atoms with E-state index in [0.29, 0.717) is 12.1 Å². The summed E-state index contributed by atoms with van der Waals surface area (Å²) >= 11 is 0. The number of nitrogens with zero attached hydrogens (tertiary/aromatic N) is 1. The van der Waals surface area contributed by atoms with Crippen LogP contribution in [0.1, 0.15) is 29.6 Å². The zero-order valence-electron chi connectivity index (χ0n) is 9.73. The molecule has 1 amide bonds. The van der Waals surface area contributed by atoms with Gasteiger partial charge in [0.25, 0.3) is 5.91 Å². The average Bonchev–Trinajstić information content (AvgIpc) is 2.28. The fraction of sp³-hybridized carbons (Fsp3) is 0.462. The van der Waals surface area contributed by atoms with Gasteiger partial charge in [0.05, 0.1) is 0 Å². The third-order valence-corrected chi connectivity index (χ3v) is 3.22.